The van der Waals surface area contributed by atoms with Crippen LogP contribution in [0.5, 0.6) is 0 Å². The molecule has 1 aliphatic rings. The number of carbonyl (C=O) groups is 2. The van der Waals surface area contributed by atoms with Crippen molar-refractivity contribution in [2.75, 3.05) is 11.5 Å². The van der Waals surface area contributed by atoms with E-state index in [9.17, 15) is 14.0 Å². The third-order valence-electron chi connectivity index (χ3n) is 4.79. The number of fused-ring (bicyclic) bond motifs is 1. The molecule has 0 saturated heterocycles. The van der Waals surface area contributed by atoms with E-state index in [1.165, 1.54) is 12.1 Å². The van der Waals surface area contributed by atoms with Gasteiger partial charge in [0.1, 0.15) is 5.82 Å². The first kappa shape index (κ1) is 17.9. The molecule has 1 aliphatic heterocycles. The zero-order valence-electron chi connectivity index (χ0n) is 15.4. The number of ether oxygens (including phenoxy) is 1. The molecule has 0 radical (unpaired) electrons. The lowest BCUT2D eigenvalue weighted by Crippen LogP contribution is -2.29. The third-order valence-corrected chi connectivity index (χ3v) is 4.79. The lowest BCUT2D eigenvalue weighted by atomic mass is 9.99. The zero-order valence-corrected chi connectivity index (χ0v) is 15.4. The van der Waals surface area contributed by atoms with Crippen molar-refractivity contribution in [2.24, 2.45) is 0 Å². The van der Waals surface area contributed by atoms with Crippen molar-refractivity contribution in [3.05, 3.63) is 82.4 Å². The van der Waals surface area contributed by atoms with Crippen molar-refractivity contribution in [3.63, 3.8) is 0 Å². The van der Waals surface area contributed by atoms with E-state index in [-0.39, 0.29) is 18.3 Å². The molecule has 6 nitrogen and oxygen atoms in total. The summed E-state index contributed by atoms with van der Waals surface area (Å²) in [6.45, 7) is 3.88. The Morgan fingerprint density at radius 1 is 1.18 bits per heavy atom. The van der Waals surface area contributed by atoms with Crippen molar-refractivity contribution in [1.82, 2.24) is 10.2 Å². The number of nitrogens with one attached hydrogen (secondary N) is 1. The predicted molar refractivity (Wildman–Crippen MR) is 101 cm³/mol. The van der Waals surface area contributed by atoms with Gasteiger partial charge in [0.15, 0.2) is 5.69 Å². The molecule has 3 aromatic rings. The van der Waals surface area contributed by atoms with Crippen molar-refractivity contribution in [2.45, 2.75) is 19.9 Å². The van der Waals surface area contributed by atoms with Crippen LogP contribution in [0.1, 0.15) is 50.6 Å². The summed E-state index contributed by atoms with van der Waals surface area (Å²) in [5, 5.41) is 7.01. The van der Waals surface area contributed by atoms with Gasteiger partial charge < -0.3 is 4.74 Å². The Hall–Kier alpha value is -3.48. The number of carbonyl (C=O) groups excluding carboxylic acids is 2. The van der Waals surface area contributed by atoms with E-state index in [2.05, 4.69) is 10.2 Å². The average Bonchev–Trinajstić information content (AvgIpc) is 3.21. The van der Waals surface area contributed by atoms with E-state index in [1.54, 1.807) is 48.2 Å². The van der Waals surface area contributed by atoms with Crippen LogP contribution in [0.25, 0.3) is 0 Å². The summed E-state index contributed by atoms with van der Waals surface area (Å²) in [6, 6.07) is 12.3. The van der Waals surface area contributed by atoms with Gasteiger partial charge in [-0.25, -0.2) is 9.18 Å². The fraction of sp³-hybridized carbons (Fsp3) is 0.190. The molecule has 0 spiro atoms. The van der Waals surface area contributed by atoms with Crippen LogP contribution >= 0.6 is 0 Å². The lowest BCUT2D eigenvalue weighted by molar-refractivity contribution is 0.0526. The van der Waals surface area contributed by atoms with Gasteiger partial charge in [-0.1, -0.05) is 12.1 Å². The average molecular weight is 379 g/mol. The summed E-state index contributed by atoms with van der Waals surface area (Å²) < 4.78 is 18.4. The summed E-state index contributed by atoms with van der Waals surface area (Å²) in [6.07, 6.45) is 0. The normalized spacial score (nSPS) is 15.6. The number of nitrogens with zero attached hydrogens (tertiary/aromatic N) is 2. The fourth-order valence-corrected chi connectivity index (χ4v) is 3.50. The number of benzene rings is 2. The molecular weight excluding hydrogens is 361 g/mol. The maximum atomic E-state index is 13.4. The lowest BCUT2D eigenvalue weighted by Gasteiger charge is -2.26. The van der Waals surface area contributed by atoms with Gasteiger partial charge in [-0.2, -0.15) is 5.10 Å². The third kappa shape index (κ3) is 2.85. The van der Waals surface area contributed by atoms with Crippen LogP contribution < -0.4 is 4.90 Å². The summed E-state index contributed by atoms with van der Waals surface area (Å²) in [4.78, 5) is 26.6. The number of aryl methyl sites for hydroxylation is 1. The second-order valence-corrected chi connectivity index (χ2v) is 6.51. The highest BCUT2D eigenvalue weighted by atomic mass is 19.1. The standard InChI is InChI=1S/C21H18FN3O3/c1-3-28-21(27)14-6-10-16(11-7-14)25-19(13-4-8-15(22)9-5-13)17-12(2)23-24-18(17)20(25)26/h4-11,19H,3H2,1-2H3,(H,23,24). The van der Waals surface area contributed by atoms with Crippen LogP contribution in [0.4, 0.5) is 10.1 Å². The minimum atomic E-state index is -0.435. The minimum Gasteiger partial charge on any atom is -0.462 e. The molecule has 0 aliphatic carbocycles. The van der Waals surface area contributed by atoms with Crippen LogP contribution in [0.2, 0.25) is 0 Å². The van der Waals surface area contributed by atoms with Gasteiger partial charge in [0.2, 0.25) is 0 Å². The maximum absolute atomic E-state index is 13.4. The molecule has 0 fully saturated rings. The second kappa shape index (κ2) is 6.92. The number of H-pyrrole nitrogens is 1. The Morgan fingerprint density at radius 3 is 2.50 bits per heavy atom. The molecular formula is C21H18FN3O3. The van der Waals surface area contributed by atoms with E-state index < -0.39 is 12.0 Å². The predicted octanol–water partition coefficient (Wildman–Crippen LogP) is 3.78. The van der Waals surface area contributed by atoms with Crippen molar-refractivity contribution in [1.29, 1.82) is 0 Å². The van der Waals surface area contributed by atoms with Crippen LogP contribution in [0.3, 0.4) is 0 Å². The molecule has 2 heterocycles. The highest BCUT2D eigenvalue weighted by molar-refractivity contribution is 6.10. The molecule has 1 atom stereocenters. The first-order valence-electron chi connectivity index (χ1n) is 8.92. The smallest absolute Gasteiger partial charge is 0.338 e. The number of esters is 1. The minimum absolute atomic E-state index is 0.252. The van der Waals surface area contributed by atoms with Crippen molar-refractivity contribution in [3.8, 4) is 0 Å². The quantitative estimate of drug-likeness (QED) is 0.700. The first-order chi connectivity index (χ1) is 13.5. The molecule has 1 amide bonds. The van der Waals surface area contributed by atoms with Crippen LogP contribution in [-0.4, -0.2) is 28.7 Å². The van der Waals surface area contributed by atoms with E-state index in [0.29, 0.717) is 16.9 Å². The van der Waals surface area contributed by atoms with Crippen LogP contribution in [0.15, 0.2) is 48.5 Å². The van der Waals surface area contributed by atoms with Gasteiger partial charge in [-0.3, -0.25) is 14.8 Å². The van der Waals surface area contributed by atoms with Gasteiger partial charge in [0, 0.05) is 16.9 Å². The molecule has 1 N–H and O–H groups in total. The van der Waals surface area contributed by atoms with E-state index in [1.807, 2.05) is 6.92 Å². The van der Waals surface area contributed by atoms with Crippen molar-refractivity contribution < 1.29 is 18.7 Å². The SMILES string of the molecule is CCOC(=O)c1ccc(N2C(=O)c3n[nH]c(C)c3C2c2ccc(F)cc2)cc1. The monoisotopic (exact) mass is 379 g/mol. The first-order valence-corrected chi connectivity index (χ1v) is 8.92. The summed E-state index contributed by atoms with van der Waals surface area (Å²) >= 11 is 0. The number of hydrogen-bond donors (Lipinski definition) is 1. The molecule has 28 heavy (non-hydrogen) atoms. The Bertz CT molecular complexity index is 1040. The van der Waals surface area contributed by atoms with E-state index in [0.717, 1.165) is 16.8 Å². The van der Waals surface area contributed by atoms with Gasteiger partial charge in [-0.15, -0.1) is 0 Å². The number of halogens is 1. The number of aromatic amines is 1. The van der Waals surface area contributed by atoms with Crippen LogP contribution in [0, 0.1) is 12.7 Å². The molecule has 7 heteroatoms. The Balaban J connectivity index is 1.77. The second-order valence-electron chi connectivity index (χ2n) is 6.51. The molecule has 1 aromatic heterocycles. The number of rotatable bonds is 4. The highest BCUT2D eigenvalue weighted by Gasteiger charge is 2.42. The topological polar surface area (TPSA) is 75.3 Å². The Morgan fingerprint density at radius 2 is 1.86 bits per heavy atom. The molecule has 2 aromatic carbocycles. The fourth-order valence-electron chi connectivity index (χ4n) is 3.50. The number of amides is 1. The highest BCUT2D eigenvalue weighted by Crippen LogP contribution is 2.42. The Labute approximate surface area is 160 Å². The molecule has 0 saturated carbocycles. The number of hydrogen-bond acceptors (Lipinski definition) is 4. The van der Waals surface area contributed by atoms with Gasteiger partial charge in [-0.05, 0) is 55.8 Å². The van der Waals surface area contributed by atoms with E-state index >= 15 is 0 Å². The largest absolute Gasteiger partial charge is 0.462 e. The molecule has 1 unspecified atom stereocenters. The van der Waals surface area contributed by atoms with Gasteiger partial charge in [0.25, 0.3) is 5.91 Å². The molecule has 4 rings (SSSR count). The number of aromatic nitrogens is 2. The van der Waals surface area contributed by atoms with Gasteiger partial charge in [0.05, 0.1) is 18.2 Å². The maximum Gasteiger partial charge on any atom is 0.338 e. The van der Waals surface area contributed by atoms with E-state index in [4.69, 9.17) is 4.74 Å². The summed E-state index contributed by atoms with van der Waals surface area (Å²) in [5.41, 5.74) is 3.69. The zero-order chi connectivity index (χ0) is 19.8. The summed E-state index contributed by atoms with van der Waals surface area (Å²) in [5.74, 6) is -1.01. The number of anilines is 1. The van der Waals surface area contributed by atoms with Crippen molar-refractivity contribution >= 4 is 17.6 Å². The van der Waals surface area contributed by atoms with Gasteiger partial charge >= 0.3 is 5.97 Å². The Kier molecular flexibility index (Phi) is 4.43. The summed E-state index contributed by atoms with van der Waals surface area (Å²) in [7, 11) is 0. The molecule has 0 bridgehead atoms. The van der Waals surface area contributed by atoms with Crippen LogP contribution in [-0.2, 0) is 4.74 Å². The molecule has 142 valence electrons.